The first-order chi connectivity index (χ1) is 11.2. The second-order valence-electron chi connectivity index (χ2n) is 6.99. The Kier molecular flexibility index (Phi) is 4.44. The molecule has 0 saturated carbocycles. The molecule has 0 radical (unpaired) electrons. The number of rotatable bonds is 1. The van der Waals surface area contributed by atoms with E-state index in [0.29, 0.717) is 31.1 Å². The van der Waals surface area contributed by atoms with E-state index in [0.717, 1.165) is 15.1 Å². The van der Waals surface area contributed by atoms with Crippen molar-refractivity contribution < 1.29 is 14.6 Å². The Morgan fingerprint density at radius 1 is 1.38 bits per heavy atom. The molecule has 0 aromatic carbocycles. The first-order valence-electron chi connectivity index (χ1n) is 7.79. The van der Waals surface area contributed by atoms with E-state index in [1.54, 1.807) is 4.90 Å². The van der Waals surface area contributed by atoms with Gasteiger partial charge in [-0.05, 0) is 39.7 Å². The number of nitrogens with zero attached hydrogens (tertiary/aromatic N) is 3. The molecular weight excluding hydrogens is 350 g/mol. The molecule has 3 rings (SSSR count). The predicted molar refractivity (Wildman–Crippen MR) is 93.4 cm³/mol. The van der Waals surface area contributed by atoms with Crippen molar-refractivity contribution >= 4 is 39.2 Å². The lowest BCUT2D eigenvalue weighted by Crippen LogP contribution is -2.46. The predicted octanol–water partition coefficient (Wildman–Crippen LogP) is 3.56. The van der Waals surface area contributed by atoms with Gasteiger partial charge in [0.15, 0.2) is 0 Å². The molecule has 1 fully saturated rings. The van der Waals surface area contributed by atoms with Crippen LogP contribution in [0.5, 0.6) is 0 Å². The second kappa shape index (κ2) is 6.13. The number of carbonyl (C=O) groups is 1. The van der Waals surface area contributed by atoms with E-state index in [2.05, 4.69) is 9.97 Å². The molecule has 6 nitrogen and oxygen atoms in total. The van der Waals surface area contributed by atoms with Crippen LogP contribution in [0.2, 0.25) is 5.15 Å². The lowest BCUT2D eigenvalue weighted by molar-refractivity contribution is -0.0334. The highest BCUT2D eigenvalue weighted by Crippen LogP contribution is 2.40. The summed E-state index contributed by atoms with van der Waals surface area (Å²) in [6.45, 7) is 6.41. The molecule has 1 amide bonds. The zero-order chi connectivity index (χ0) is 17.5. The molecule has 2 aromatic rings. The molecule has 0 atom stereocenters. The van der Waals surface area contributed by atoms with Crippen molar-refractivity contribution in [1.29, 1.82) is 0 Å². The standard InChI is InChI=1S/C16H20ClN3O3S/c1-15(2,3)23-14(21)20-6-4-16(22,5-7-20)11-8-10-12(17)18-9-19-13(10)24-11/h8-9,22H,4-7H2,1-3H3. The number of hydrogen-bond donors (Lipinski definition) is 1. The Balaban J connectivity index is 1.74. The van der Waals surface area contributed by atoms with Gasteiger partial charge in [0.25, 0.3) is 0 Å². The van der Waals surface area contributed by atoms with Crippen LogP contribution in [0.3, 0.4) is 0 Å². The Morgan fingerprint density at radius 3 is 2.62 bits per heavy atom. The summed E-state index contributed by atoms with van der Waals surface area (Å²) in [7, 11) is 0. The Hall–Kier alpha value is -1.44. The molecule has 2 aromatic heterocycles. The lowest BCUT2D eigenvalue weighted by Gasteiger charge is -2.38. The second-order valence-corrected chi connectivity index (χ2v) is 8.38. The zero-order valence-corrected chi connectivity index (χ0v) is 15.4. The van der Waals surface area contributed by atoms with Crippen molar-refractivity contribution in [3.05, 3.63) is 22.4 Å². The summed E-state index contributed by atoms with van der Waals surface area (Å²) in [6.07, 6.45) is 1.98. The monoisotopic (exact) mass is 369 g/mol. The van der Waals surface area contributed by atoms with E-state index in [1.807, 2.05) is 26.8 Å². The van der Waals surface area contributed by atoms with Gasteiger partial charge in [-0.25, -0.2) is 14.8 Å². The molecule has 0 spiro atoms. The van der Waals surface area contributed by atoms with Crippen molar-refractivity contribution in [2.45, 2.75) is 44.8 Å². The molecule has 0 bridgehead atoms. The maximum Gasteiger partial charge on any atom is 0.410 e. The summed E-state index contributed by atoms with van der Waals surface area (Å²) >= 11 is 7.50. The van der Waals surface area contributed by atoms with Crippen molar-refractivity contribution in [1.82, 2.24) is 14.9 Å². The third-order valence-corrected chi connectivity index (χ3v) is 5.52. The molecule has 8 heteroatoms. The number of amides is 1. The largest absolute Gasteiger partial charge is 0.444 e. The van der Waals surface area contributed by atoms with Crippen LogP contribution in [0.1, 0.15) is 38.5 Å². The summed E-state index contributed by atoms with van der Waals surface area (Å²) in [5.74, 6) is 0. The van der Waals surface area contributed by atoms with Crippen LogP contribution in [0.4, 0.5) is 4.79 Å². The smallest absolute Gasteiger partial charge is 0.410 e. The summed E-state index contributed by atoms with van der Waals surface area (Å²) in [6, 6.07) is 1.85. The molecule has 0 aliphatic carbocycles. The lowest BCUT2D eigenvalue weighted by atomic mass is 9.90. The van der Waals surface area contributed by atoms with Gasteiger partial charge < -0.3 is 14.7 Å². The minimum absolute atomic E-state index is 0.338. The van der Waals surface area contributed by atoms with Gasteiger partial charge in [-0.2, -0.15) is 0 Å². The number of thiophene rings is 1. The first kappa shape index (κ1) is 17.4. The number of likely N-dealkylation sites (tertiary alicyclic amines) is 1. The Bertz CT molecular complexity index is 764. The van der Waals surface area contributed by atoms with Crippen LogP contribution in [0.25, 0.3) is 10.2 Å². The number of aromatic nitrogens is 2. The van der Waals surface area contributed by atoms with E-state index >= 15 is 0 Å². The van der Waals surface area contributed by atoms with Crippen molar-refractivity contribution in [3.8, 4) is 0 Å². The van der Waals surface area contributed by atoms with Gasteiger partial charge in [0.2, 0.25) is 0 Å². The normalized spacial score (nSPS) is 18.0. The fourth-order valence-electron chi connectivity index (χ4n) is 2.69. The minimum atomic E-state index is -0.979. The zero-order valence-electron chi connectivity index (χ0n) is 13.9. The number of carbonyl (C=O) groups excluding carboxylic acids is 1. The van der Waals surface area contributed by atoms with E-state index in [-0.39, 0.29) is 6.09 Å². The molecule has 3 heterocycles. The van der Waals surface area contributed by atoms with E-state index in [4.69, 9.17) is 16.3 Å². The van der Waals surface area contributed by atoms with Gasteiger partial charge >= 0.3 is 6.09 Å². The van der Waals surface area contributed by atoms with Gasteiger partial charge in [-0.1, -0.05) is 11.6 Å². The summed E-state index contributed by atoms with van der Waals surface area (Å²) in [5.41, 5.74) is -1.50. The minimum Gasteiger partial charge on any atom is -0.444 e. The molecular formula is C16H20ClN3O3S. The average Bonchev–Trinajstić information content (AvgIpc) is 2.92. The van der Waals surface area contributed by atoms with Crippen molar-refractivity contribution in [2.75, 3.05) is 13.1 Å². The molecule has 130 valence electrons. The Labute approximate surface area is 149 Å². The highest BCUT2D eigenvalue weighted by Gasteiger charge is 2.38. The van der Waals surface area contributed by atoms with Gasteiger partial charge in [0.1, 0.15) is 27.5 Å². The summed E-state index contributed by atoms with van der Waals surface area (Å²) in [4.78, 5) is 23.5. The number of halogens is 1. The van der Waals surface area contributed by atoms with Crippen LogP contribution in [-0.2, 0) is 10.3 Å². The number of aliphatic hydroxyl groups is 1. The third kappa shape index (κ3) is 3.48. The van der Waals surface area contributed by atoms with Gasteiger partial charge in [0.05, 0.1) is 0 Å². The summed E-state index contributed by atoms with van der Waals surface area (Å²) < 4.78 is 5.39. The maximum absolute atomic E-state index is 12.1. The molecule has 24 heavy (non-hydrogen) atoms. The van der Waals surface area contributed by atoms with E-state index in [9.17, 15) is 9.90 Å². The number of piperidine rings is 1. The molecule has 1 saturated heterocycles. The van der Waals surface area contributed by atoms with Gasteiger partial charge in [-0.3, -0.25) is 0 Å². The number of fused-ring (bicyclic) bond motifs is 1. The van der Waals surface area contributed by atoms with Crippen molar-refractivity contribution in [3.63, 3.8) is 0 Å². The number of hydrogen-bond acceptors (Lipinski definition) is 6. The Morgan fingerprint density at radius 2 is 2.04 bits per heavy atom. The fourth-order valence-corrected chi connectivity index (χ4v) is 4.08. The highest BCUT2D eigenvalue weighted by molar-refractivity contribution is 7.18. The fraction of sp³-hybridized carbons (Fsp3) is 0.562. The highest BCUT2D eigenvalue weighted by atomic mass is 35.5. The van der Waals surface area contributed by atoms with Crippen LogP contribution in [-0.4, -0.2) is 44.8 Å². The SMILES string of the molecule is CC(C)(C)OC(=O)N1CCC(O)(c2cc3c(Cl)ncnc3s2)CC1. The number of ether oxygens (including phenoxy) is 1. The van der Waals surface area contributed by atoms with Crippen molar-refractivity contribution in [2.24, 2.45) is 0 Å². The molecule has 1 N–H and O–H groups in total. The van der Waals surface area contributed by atoms with Crippen LogP contribution in [0.15, 0.2) is 12.4 Å². The molecule has 0 unspecified atom stereocenters. The molecule has 1 aliphatic heterocycles. The maximum atomic E-state index is 12.1. The average molecular weight is 370 g/mol. The van der Waals surface area contributed by atoms with E-state index in [1.165, 1.54) is 17.7 Å². The topological polar surface area (TPSA) is 75.5 Å². The van der Waals surface area contributed by atoms with Crippen LogP contribution < -0.4 is 0 Å². The van der Waals surface area contributed by atoms with Crippen LogP contribution in [0, 0.1) is 0 Å². The van der Waals surface area contributed by atoms with Gasteiger partial charge in [-0.15, -0.1) is 11.3 Å². The third-order valence-electron chi connectivity index (χ3n) is 3.98. The van der Waals surface area contributed by atoms with E-state index < -0.39 is 11.2 Å². The summed E-state index contributed by atoms with van der Waals surface area (Å²) in [5, 5.41) is 12.1. The first-order valence-corrected chi connectivity index (χ1v) is 8.98. The van der Waals surface area contributed by atoms with Crippen LogP contribution >= 0.6 is 22.9 Å². The molecule has 1 aliphatic rings. The van der Waals surface area contributed by atoms with Gasteiger partial charge in [0, 0.05) is 23.4 Å². The quantitative estimate of drug-likeness (QED) is 0.778.